The van der Waals surface area contributed by atoms with Gasteiger partial charge in [0.1, 0.15) is 13.2 Å². The van der Waals surface area contributed by atoms with Gasteiger partial charge in [0.15, 0.2) is 0 Å². The predicted molar refractivity (Wildman–Crippen MR) is 186 cm³/mol. The SMILES string of the molecule is C=C(CC(C)O)C(=O)OCC(COC(=O)C(=C)CC(C)O)c1ccc(-c2ccc(C3CCC(CCCCC)CC3)cc2)c(CC)c1. The van der Waals surface area contributed by atoms with Crippen LogP contribution in [0.4, 0.5) is 0 Å². The number of carbonyl (C=O) groups is 2. The number of aliphatic hydroxyl groups is 2. The summed E-state index contributed by atoms with van der Waals surface area (Å²) < 4.78 is 11.1. The van der Waals surface area contributed by atoms with E-state index < -0.39 is 30.1 Å². The number of hydrogen-bond acceptors (Lipinski definition) is 6. The van der Waals surface area contributed by atoms with Crippen LogP contribution in [-0.2, 0) is 25.5 Å². The van der Waals surface area contributed by atoms with E-state index in [-0.39, 0.29) is 37.2 Å². The van der Waals surface area contributed by atoms with Gasteiger partial charge in [0.25, 0.3) is 0 Å². The highest BCUT2D eigenvalue weighted by molar-refractivity contribution is 5.88. The van der Waals surface area contributed by atoms with Gasteiger partial charge < -0.3 is 19.7 Å². The van der Waals surface area contributed by atoms with Crippen LogP contribution < -0.4 is 0 Å². The van der Waals surface area contributed by atoms with E-state index in [1.165, 1.54) is 62.5 Å². The van der Waals surface area contributed by atoms with E-state index in [4.69, 9.17) is 9.47 Å². The van der Waals surface area contributed by atoms with Gasteiger partial charge in [-0.2, -0.15) is 0 Å². The zero-order valence-electron chi connectivity index (χ0n) is 28.6. The van der Waals surface area contributed by atoms with E-state index in [1.807, 2.05) is 6.07 Å². The van der Waals surface area contributed by atoms with E-state index in [2.05, 4.69) is 63.4 Å². The van der Waals surface area contributed by atoms with Crippen molar-refractivity contribution in [2.75, 3.05) is 13.2 Å². The van der Waals surface area contributed by atoms with Crippen LogP contribution in [0.2, 0.25) is 0 Å². The molecular weight excluding hydrogens is 576 g/mol. The summed E-state index contributed by atoms with van der Waals surface area (Å²) in [6.45, 7) is 15.0. The second kappa shape index (κ2) is 18.8. The molecule has 2 aromatic carbocycles. The van der Waals surface area contributed by atoms with Crippen LogP contribution in [0.15, 0.2) is 66.8 Å². The Labute approximate surface area is 276 Å². The smallest absolute Gasteiger partial charge is 0.333 e. The Hall–Kier alpha value is -3.22. The predicted octanol–water partition coefficient (Wildman–Crippen LogP) is 8.59. The fraction of sp³-hybridized carbons (Fsp3) is 0.550. The summed E-state index contributed by atoms with van der Waals surface area (Å²) in [7, 11) is 0. The lowest BCUT2D eigenvalue weighted by molar-refractivity contribution is -0.143. The third-order valence-electron chi connectivity index (χ3n) is 9.23. The first-order valence-corrected chi connectivity index (χ1v) is 17.3. The molecule has 0 saturated heterocycles. The van der Waals surface area contributed by atoms with Gasteiger partial charge in [0, 0.05) is 24.0 Å². The molecule has 0 heterocycles. The maximum Gasteiger partial charge on any atom is 0.333 e. The molecule has 2 aromatic rings. The molecule has 0 bridgehead atoms. The van der Waals surface area contributed by atoms with Crippen molar-refractivity contribution >= 4 is 11.9 Å². The normalized spacial score (nSPS) is 18.3. The lowest BCUT2D eigenvalue weighted by atomic mass is 9.77. The van der Waals surface area contributed by atoms with Crippen LogP contribution >= 0.6 is 0 Å². The molecule has 3 rings (SSSR count). The second-order valence-corrected chi connectivity index (χ2v) is 13.3. The maximum atomic E-state index is 12.6. The van der Waals surface area contributed by atoms with Crippen molar-refractivity contribution in [2.45, 2.75) is 122 Å². The topological polar surface area (TPSA) is 93.1 Å². The Morgan fingerprint density at radius 1 is 0.826 bits per heavy atom. The van der Waals surface area contributed by atoms with Crippen LogP contribution in [0.3, 0.4) is 0 Å². The number of carbonyl (C=O) groups excluding carboxylic acids is 2. The minimum atomic E-state index is -0.708. The summed E-state index contributed by atoms with van der Waals surface area (Å²) in [5, 5.41) is 19.3. The molecule has 1 aliphatic carbocycles. The van der Waals surface area contributed by atoms with Gasteiger partial charge in [0.2, 0.25) is 0 Å². The third kappa shape index (κ3) is 11.5. The molecule has 0 amide bonds. The Bertz CT molecular complexity index is 1250. The summed E-state index contributed by atoms with van der Waals surface area (Å²) in [4.78, 5) is 25.1. The second-order valence-electron chi connectivity index (χ2n) is 13.3. The quantitative estimate of drug-likeness (QED) is 0.0971. The number of aryl methyl sites for hydroxylation is 1. The van der Waals surface area contributed by atoms with Crippen LogP contribution in [0.5, 0.6) is 0 Å². The van der Waals surface area contributed by atoms with Crippen LogP contribution in [0.25, 0.3) is 11.1 Å². The van der Waals surface area contributed by atoms with E-state index >= 15 is 0 Å². The maximum absolute atomic E-state index is 12.6. The fourth-order valence-electron chi connectivity index (χ4n) is 6.52. The lowest BCUT2D eigenvalue weighted by Gasteiger charge is -2.29. The van der Waals surface area contributed by atoms with Gasteiger partial charge in [-0.15, -0.1) is 0 Å². The highest BCUT2D eigenvalue weighted by Crippen LogP contribution is 2.38. The van der Waals surface area contributed by atoms with Crippen molar-refractivity contribution in [1.29, 1.82) is 0 Å². The van der Waals surface area contributed by atoms with Crippen molar-refractivity contribution in [3.8, 4) is 11.1 Å². The Balaban J connectivity index is 1.74. The summed E-state index contributed by atoms with van der Waals surface area (Å²) in [5.41, 5.74) is 6.16. The summed E-state index contributed by atoms with van der Waals surface area (Å²) in [6.07, 6.45) is 10.3. The minimum absolute atomic E-state index is 0.0220. The average molecular weight is 633 g/mol. The highest BCUT2D eigenvalue weighted by Gasteiger charge is 2.23. The van der Waals surface area contributed by atoms with E-state index in [0.717, 1.165) is 29.0 Å². The number of esters is 2. The first kappa shape index (κ1) is 37.2. The number of hydrogen-bond donors (Lipinski definition) is 2. The van der Waals surface area contributed by atoms with Crippen LogP contribution in [0.1, 0.15) is 120 Å². The molecule has 0 aromatic heterocycles. The number of aliphatic hydroxyl groups excluding tert-OH is 2. The molecule has 46 heavy (non-hydrogen) atoms. The van der Waals surface area contributed by atoms with Crippen molar-refractivity contribution in [2.24, 2.45) is 5.92 Å². The molecule has 0 radical (unpaired) electrons. The zero-order valence-corrected chi connectivity index (χ0v) is 28.6. The summed E-state index contributed by atoms with van der Waals surface area (Å²) in [6, 6.07) is 15.3. The van der Waals surface area contributed by atoms with E-state index in [1.54, 1.807) is 13.8 Å². The Morgan fingerprint density at radius 2 is 1.39 bits per heavy atom. The van der Waals surface area contributed by atoms with Gasteiger partial charge in [-0.25, -0.2) is 9.59 Å². The molecule has 6 nitrogen and oxygen atoms in total. The molecule has 0 aliphatic heterocycles. The van der Waals surface area contributed by atoms with Gasteiger partial charge >= 0.3 is 11.9 Å². The molecule has 1 fully saturated rings. The number of unbranched alkanes of at least 4 members (excludes halogenated alkanes) is 2. The molecule has 1 aliphatic rings. The van der Waals surface area contributed by atoms with E-state index in [0.29, 0.717) is 5.92 Å². The number of benzene rings is 2. The van der Waals surface area contributed by atoms with Crippen molar-refractivity contribution in [1.82, 2.24) is 0 Å². The first-order valence-electron chi connectivity index (χ1n) is 17.3. The lowest BCUT2D eigenvalue weighted by Crippen LogP contribution is -2.22. The van der Waals surface area contributed by atoms with Crippen molar-refractivity contribution < 1.29 is 29.3 Å². The van der Waals surface area contributed by atoms with Crippen LogP contribution in [-0.4, -0.2) is 47.6 Å². The first-order chi connectivity index (χ1) is 22.0. The molecule has 1 saturated carbocycles. The average Bonchev–Trinajstić information content (AvgIpc) is 3.04. The molecule has 6 heteroatoms. The molecular formula is C40H56O6. The molecule has 2 atom stereocenters. The number of ether oxygens (including phenoxy) is 2. The molecule has 0 spiro atoms. The number of rotatable bonds is 18. The van der Waals surface area contributed by atoms with Gasteiger partial charge in [-0.05, 0) is 85.6 Å². The zero-order chi connectivity index (χ0) is 33.6. The molecule has 252 valence electrons. The van der Waals surface area contributed by atoms with Gasteiger partial charge in [0.05, 0.1) is 18.1 Å². The standard InChI is InChI=1S/C40H56O6/c1-7-9-10-11-31-12-14-33(15-13-31)34-16-18-35(19-17-34)38-21-20-36(24-32(38)8-2)37(25-45-39(43)27(3)22-29(5)41)26-46-40(44)28(4)23-30(6)42/h16-21,24,29-31,33,37,41-42H,3-4,7-15,22-23,25-26H2,1-2,5-6H3. The highest BCUT2D eigenvalue weighted by atomic mass is 16.5. The monoisotopic (exact) mass is 632 g/mol. The van der Waals surface area contributed by atoms with Crippen LogP contribution in [0, 0.1) is 5.92 Å². The fourth-order valence-corrected chi connectivity index (χ4v) is 6.52. The van der Waals surface area contributed by atoms with Crippen molar-refractivity contribution in [3.63, 3.8) is 0 Å². The molecule has 2 unspecified atom stereocenters. The minimum Gasteiger partial charge on any atom is -0.462 e. The van der Waals surface area contributed by atoms with Gasteiger partial charge in [-0.1, -0.05) is 95.2 Å². The molecule has 2 N–H and O–H groups in total. The van der Waals surface area contributed by atoms with Gasteiger partial charge in [-0.3, -0.25) is 0 Å². The van der Waals surface area contributed by atoms with Crippen molar-refractivity contribution in [3.05, 3.63) is 83.5 Å². The largest absolute Gasteiger partial charge is 0.462 e. The summed E-state index contributed by atoms with van der Waals surface area (Å²) >= 11 is 0. The summed E-state index contributed by atoms with van der Waals surface area (Å²) in [5.74, 6) is -0.0644. The third-order valence-corrected chi connectivity index (χ3v) is 9.23. The Kier molecular flexibility index (Phi) is 15.2. The Morgan fingerprint density at radius 3 is 1.89 bits per heavy atom. The van der Waals surface area contributed by atoms with E-state index in [9.17, 15) is 19.8 Å².